The Morgan fingerprint density at radius 1 is 1.04 bits per heavy atom. The fourth-order valence-corrected chi connectivity index (χ4v) is 4.51. The van der Waals surface area contributed by atoms with Crippen molar-refractivity contribution in [3.8, 4) is 0 Å². The van der Waals surface area contributed by atoms with Gasteiger partial charge in [0.2, 0.25) is 0 Å². The van der Waals surface area contributed by atoms with Crippen LogP contribution in [0.1, 0.15) is 12.8 Å². The number of benzene rings is 1. The van der Waals surface area contributed by atoms with Gasteiger partial charge in [0.25, 0.3) is 0 Å². The summed E-state index contributed by atoms with van der Waals surface area (Å²) in [4.78, 5) is 12.1. The van der Waals surface area contributed by atoms with Crippen molar-refractivity contribution in [3.05, 3.63) is 35.5 Å². The third kappa shape index (κ3) is 2.77. The second kappa shape index (κ2) is 6.17. The fraction of sp³-hybridized carbons (Fsp3) is 0.526. The quantitative estimate of drug-likeness (QED) is 0.792. The number of rotatable bonds is 1. The molecule has 0 saturated carbocycles. The minimum atomic E-state index is 0.343. The second-order valence-corrected chi connectivity index (χ2v) is 7.80. The van der Waals surface area contributed by atoms with Crippen molar-refractivity contribution in [1.82, 2.24) is 14.8 Å². The number of anilines is 1. The van der Waals surface area contributed by atoms with Crippen LogP contribution in [0.2, 0.25) is 5.02 Å². The first-order valence-electron chi connectivity index (χ1n) is 8.76. The maximum absolute atomic E-state index is 6.12. The molecule has 0 bridgehead atoms. The highest BCUT2D eigenvalue weighted by molar-refractivity contribution is 6.31. The number of aromatic nitrogens is 1. The zero-order chi connectivity index (χ0) is 16.7. The molecule has 0 atom stereocenters. The van der Waals surface area contributed by atoms with Crippen molar-refractivity contribution in [2.45, 2.75) is 18.4 Å². The van der Waals surface area contributed by atoms with E-state index >= 15 is 0 Å². The Hall–Kier alpha value is -1.36. The molecule has 2 aliphatic heterocycles. The first kappa shape index (κ1) is 16.1. The van der Waals surface area contributed by atoms with E-state index in [1.807, 2.05) is 18.3 Å². The van der Waals surface area contributed by atoms with E-state index in [1.54, 1.807) is 0 Å². The molecule has 2 saturated heterocycles. The van der Waals surface area contributed by atoms with Gasteiger partial charge < -0.3 is 9.80 Å². The SMILES string of the molecule is CN1CCN(C)C2(CCN(c3ccnc4cc(Cl)ccc34)CC2)C1. The van der Waals surface area contributed by atoms with Crippen LogP contribution in [0, 0.1) is 0 Å². The molecule has 0 amide bonds. The summed E-state index contributed by atoms with van der Waals surface area (Å²) in [5.41, 5.74) is 2.61. The number of pyridine rings is 1. The highest BCUT2D eigenvalue weighted by Crippen LogP contribution is 2.35. The molecule has 0 aliphatic carbocycles. The fourth-order valence-electron chi connectivity index (χ4n) is 4.35. The summed E-state index contributed by atoms with van der Waals surface area (Å²) in [7, 11) is 4.55. The number of hydrogen-bond acceptors (Lipinski definition) is 4. The van der Waals surface area contributed by atoms with Gasteiger partial charge in [-0.1, -0.05) is 11.6 Å². The van der Waals surface area contributed by atoms with Crippen molar-refractivity contribution in [1.29, 1.82) is 0 Å². The molecular weight excluding hydrogens is 320 g/mol. The van der Waals surface area contributed by atoms with Crippen molar-refractivity contribution in [2.24, 2.45) is 0 Å². The normalized spacial score (nSPS) is 22.4. The highest BCUT2D eigenvalue weighted by atomic mass is 35.5. The Labute approximate surface area is 149 Å². The predicted molar refractivity (Wildman–Crippen MR) is 101 cm³/mol. The zero-order valence-electron chi connectivity index (χ0n) is 14.5. The predicted octanol–water partition coefficient (Wildman–Crippen LogP) is 3.10. The molecule has 4 rings (SSSR count). The lowest BCUT2D eigenvalue weighted by Crippen LogP contribution is -2.63. The van der Waals surface area contributed by atoms with E-state index in [2.05, 4.69) is 45.9 Å². The average molecular weight is 345 g/mol. The molecule has 24 heavy (non-hydrogen) atoms. The van der Waals surface area contributed by atoms with Crippen molar-refractivity contribution in [3.63, 3.8) is 0 Å². The molecule has 2 aliphatic rings. The molecule has 128 valence electrons. The standard InChI is InChI=1S/C19H25ClN4/c1-22-11-12-23(2)19(14-22)6-9-24(10-7-19)18-5-8-21-17-13-15(20)3-4-16(17)18/h3-5,8,13H,6-7,9-12,14H2,1-2H3. The largest absolute Gasteiger partial charge is 0.371 e. The van der Waals surface area contributed by atoms with Gasteiger partial charge in [-0.3, -0.25) is 9.88 Å². The Kier molecular flexibility index (Phi) is 4.15. The van der Waals surface area contributed by atoms with Crippen molar-refractivity contribution < 1.29 is 0 Å². The van der Waals surface area contributed by atoms with E-state index < -0.39 is 0 Å². The van der Waals surface area contributed by atoms with Gasteiger partial charge in [0.15, 0.2) is 0 Å². The maximum Gasteiger partial charge on any atom is 0.0737 e. The van der Waals surface area contributed by atoms with Crippen LogP contribution in [0.5, 0.6) is 0 Å². The maximum atomic E-state index is 6.12. The van der Waals surface area contributed by atoms with E-state index in [1.165, 1.54) is 43.5 Å². The third-order valence-electron chi connectivity index (χ3n) is 5.91. The van der Waals surface area contributed by atoms with E-state index in [-0.39, 0.29) is 0 Å². The molecule has 4 nitrogen and oxygen atoms in total. The average Bonchev–Trinajstić information content (AvgIpc) is 2.58. The molecule has 0 unspecified atom stereocenters. The van der Waals surface area contributed by atoms with Crippen LogP contribution in [0.15, 0.2) is 30.5 Å². The van der Waals surface area contributed by atoms with Crippen LogP contribution >= 0.6 is 11.6 Å². The van der Waals surface area contributed by atoms with E-state index in [9.17, 15) is 0 Å². The number of halogens is 1. The Bertz CT molecular complexity index is 739. The van der Waals surface area contributed by atoms with Crippen LogP contribution in [-0.2, 0) is 0 Å². The number of piperazine rings is 1. The molecular formula is C19H25ClN4. The summed E-state index contributed by atoms with van der Waals surface area (Å²) >= 11 is 6.12. The van der Waals surface area contributed by atoms with Crippen LogP contribution in [0.25, 0.3) is 10.9 Å². The zero-order valence-corrected chi connectivity index (χ0v) is 15.3. The Morgan fingerprint density at radius 3 is 2.62 bits per heavy atom. The van der Waals surface area contributed by atoms with Crippen molar-refractivity contribution in [2.75, 3.05) is 51.7 Å². The van der Waals surface area contributed by atoms with Gasteiger partial charge in [-0.2, -0.15) is 0 Å². The van der Waals surface area contributed by atoms with Crippen LogP contribution in [0.4, 0.5) is 5.69 Å². The topological polar surface area (TPSA) is 22.6 Å². The van der Waals surface area contributed by atoms with Crippen LogP contribution in [-0.4, -0.2) is 67.1 Å². The van der Waals surface area contributed by atoms with Gasteiger partial charge in [0, 0.05) is 60.6 Å². The lowest BCUT2D eigenvalue weighted by atomic mass is 9.83. The number of likely N-dealkylation sites (N-methyl/N-ethyl adjacent to an activating group) is 2. The van der Waals surface area contributed by atoms with Gasteiger partial charge in [0.05, 0.1) is 5.52 Å². The smallest absolute Gasteiger partial charge is 0.0737 e. The number of hydrogen-bond donors (Lipinski definition) is 0. The molecule has 5 heteroatoms. The Balaban J connectivity index is 1.58. The first-order chi connectivity index (χ1) is 11.6. The van der Waals surface area contributed by atoms with Crippen LogP contribution in [0.3, 0.4) is 0 Å². The highest BCUT2D eigenvalue weighted by Gasteiger charge is 2.41. The second-order valence-electron chi connectivity index (χ2n) is 7.36. The molecule has 3 heterocycles. The summed E-state index contributed by atoms with van der Waals surface area (Å²) in [6.07, 6.45) is 4.33. The molecule has 2 aromatic rings. The molecule has 0 radical (unpaired) electrons. The van der Waals surface area contributed by atoms with E-state index in [0.717, 1.165) is 23.6 Å². The van der Waals surface area contributed by atoms with Gasteiger partial charge in [-0.05, 0) is 51.2 Å². The van der Waals surface area contributed by atoms with Gasteiger partial charge >= 0.3 is 0 Å². The lowest BCUT2D eigenvalue weighted by Gasteiger charge is -2.53. The summed E-state index contributed by atoms with van der Waals surface area (Å²) in [6.45, 7) is 5.73. The summed E-state index contributed by atoms with van der Waals surface area (Å²) in [6, 6.07) is 8.16. The third-order valence-corrected chi connectivity index (χ3v) is 6.14. The number of fused-ring (bicyclic) bond motifs is 1. The van der Waals surface area contributed by atoms with Gasteiger partial charge in [0.1, 0.15) is 0 Å². The minimum absolute atomic E-state index is 0.343. The molecule has 0 N–H and O–H groups in total. The minimum Gasteiger partial charge on any atom is -0.371 e. The summed E-state index contributed by atoms with van der Waals surface area (Å²) < 4.78 is 0. The molecule has 1 aromatic carbocycles. The van der Waals surface area contributed by atoms with Gasteiger partial charge in [-0.25, -0.2) is 0 Å². The number of nitrogens with zero attached hydrogens (tertiary/aromatic N) is 4. The van der Waals surface area contributed by atoms with E-state index in [4.69, 9.17) is 11.6 Å². The number of piperidine rings is 1. The van der Waals surface area contributed by atoms with Crippen LogP contribution < -0.4 is 4.90 Å². The Morgan fingerprint density at radius 2 is 1.83 bits per heavy atom. The lowest BCUT2D eigenvalue weighted by molar-refractivity contribution is 0.00949. The molecule has 1 spiro atoms. The van der Waals surface area contributed by atoms with E-state index in [0.29, 0.717) is 5.54 Å². The molecule has 1 aromatic heterocycles. The first-order valence-corrected chi connectivity index (χ1v) is 9.14. The monoisotopic (exact) mass is 344 g/mol. The van der Waals surface area contributed by atoms with Gasteiger partial charge in [-0.15, -0.1) is 0 Å². The summed E-state index contributed by atoms with van der Waals surface area (Å²) in [5, 5.41) is 1.95. The molecule has 2 fully saturated rings. The van der Waals surface area contributed by atoms with Crippen molar-refractivity contribution >= 4 is 28.2 Å². The summed E-state index contributed by atoms with van der Waals surface area (Å²) in [5.74, 6) is 0.